The van der Waals surface area contributed by atoms with Gasteiger partial charge in [0.25, 0.3) is 5.91 Å². The number of amides is 1. The van der Waals surface area contributed by atoms with Crippen molar-refractivity contribution in [2.24, 2.45) is 5.10 Å². The van der Waals surface area contributed by atoms with E-state index in [0.717, 1.165) is 28.8 Å². The third kappa shape index (κ3) is 6.01. The van der Waals surface area contributed by atoms with Crippen molar-refractivity contribution in [3.63, 3.8) is 0 Å². The Labute approximate surface area is 166 Å². The van der Waals surface area contributed by atoms with Gasteiger partial charge in [-0.2, -0.15) is 5.10 Å². The van der Waals surface area contributed by atoms with E-state index in [4.69, 9.17) is 9.47 Å². The number of aryl methyl sites for hydroxylation is 3. The molecule has 0 bridgehead atoms. The van der Waals surface area contributed by atoms with E-state index in [0.29, 0.717) is 18.1 Å². The largest absolute Gasteiger partial charge is 0.493 e. The molecule has 2 aromatic rings. The molecule has 6 heteroatoms. The van der Waals surface area contributed by atoms with Gasteiger partial charge in [0.05, 0.1) is 26.5 Å². The minimum atomic E-state index is -0.217. The third-order valence-electron chi connectivity index (χ3n) is 4.15. The van der Waals surface area contributed by atoms with E-state index in [2.05, 4.69) is 34.9 Å². The Bertz CT molecular complexity index is 824. The first-order chi connectivity index (χ1) is 13.4. The number of carbonyl (C=O) groups is 1. The molecule has 0 saturated carbocycles. The van der Waals surface area contributed by atoms with Crippen molar-refractivity contribution in [1.29, 1.82) is 0 Å². The van der Waals surface area contributed by atoms with Crippen molar-refractivity contribution in [3.8, 4) is 11.5 Å². The van der Waals surface area contributed by atoms with Crippen LogP contribution in [-0.4, -0.2) is 32.4 Å². The number of nitrogens with zero attached hydrogens (tertiary/aromatic N) is 1. The first kappa shape index (κ1) is 21.3. The molecule has 2 N–H and O–H groups in total. The highest BCUT2D eigenvalue weighted by atomic mass is 16.5. The Morgan fingerprint density at radius 2 is 1.82 bits per heavy atom. The summed E-state index contributed by atoms with van der Waals surface area (Å²) in [4.78, 5) is 12.1. The van der Waals surface area contributed by atoms with Gasteiger partial charge in [0.1, 0.15) is 0 Å². The van der Waals surface area contributed by atoms with Crippen molar-refractivity contribution in [2.45, 2.75) is 34.1 Å². The van der Waals surface area contributed by atoms with E-state index >= 15 is 0 Å². The summed E-state index contributed by atoms with van der Waals surface area (Å²) in [7, 11) is 1.59. The Kier molecular flexibility index (Phi) is 7.87. The molecule has 0 atom stereocenters. The lowest BCUT2D eigenvalue weighted by molar-refractivity contribution is -0.119. The fraction of sp³-hybridized carbons (Fsp3) is 0.364. The Morgan fingerprint density at radius 3 is 2.46 bits per heavy atom. The molecular formula is C22H29N3O3. The standard InChI is InChI=1S/C22H29N3O3/c1-6-9-28-19-8-7-18(12-20(19)27-5)13-24-25-21(26)14-23-22-16(3)10-15(2)11-17(22)4/h7-8,10-13,23H,6,9,14H2,1-5H3,(H,25,26)/b24-13-. The Hall–Kier alpha value is -3.02. The van der Waals surface area contributed by atoms with Crippen LogP contribution in [0.15, 0.2) is 35.4 Å². The van der Waals surface area contributed by atoms with Gasteiger partial charge in [-0.15, -0.1) is 0 Å². The first-order valence-electron chi connectivity index (χ1n) is 9.39. The van der Waals surface area contributed by atoms with Crippen LogP contribution in [0.1, 0.15) is 35.6 Å². The third-order valence-corrected chi connectivity index (χ3v) is 4.15. The maximum atomic E-state index is 12.1. The zero-order chi connectivity index (χ0) is 20.5. The van der Waals surface area contributed by atoms with Crippen molar-refractivity contribution in [1.82, 2.24) is 5.43 Å². The highest BCUT2D eigenvalue weighted by molar-refractivity contribution is 5.85. The van der Waals surface area contributed by atoms with Crippen LogP contribution in [0.25, 0.3) is 0 Å². The number of nitrogens with one attached hydrogen (secondary N) is 2. The summed E-state index contributed by atoms with van der Waals surface area (Å²) in [5.41, 5.74) is 7.76. The minimum absolute atomic E-state index is 0.148. The number of hydrogen-bond acceptors (Lipinski definition) is 5. The Balaban J connectivity index is 1.91. The number of benzene rings is 2. The molecule has 0 saturated heterocycles. The smallest absolute Gasteiger partial charge is 0.259 e. The summed E-state index contributed by atoms with van der Waals surface area (Å²) in [5.74, 6) is 1.11. The monoisotopic (exact) mass is 383 g/mol. The van der Waals surface area contributed by atoms with Gasteiger partial charge >= 0.3 is 0 Å². The second kappa shape index (κ2) is 10.3. The molecule has 2 rings (SSSR count). The molecule has 0 aliphatic heterocycles. The minimum Gasteiger partial charge on any atom is -0.493 e. The van der Waals surface area contributed by atoms with Crippen LogP contribution in [0, 0.1) is 20.8 Å². The summed E-state index contributed by atoms with van der Waals surface area (Å²) in [6.07, 6.45) is 2.50. The lowest BCUT2D eigenvalue weighted by atomic mass is 10.1. The number of rotatable bonds is 9. The van der Waals surface area contributed by atoms with E-state index in [1.165, 1.54) is 5.56 Å². The summed E-state index contributed by atoms with van der Waals surface area (Å²) in [6, 6.07) is 9.69. The SMILES string of the molecule is CCCOc1ccc(/C=N\NC(=O)CNc2c(C)cc(C)cc2C)cc1OC. The average Bonchev–Trinajstić information content (AvgIpc) is 2.65. The van der Waals surface area contributed by atoms with Crippen molar-refractivity contribution < 1.29 is 14.3 Å². The van der Waals surface area contributed by atoms with Gasteiger partial charge < -0.3 is 14.8 Å². The summed E-state index contributed by atoms with van der Waals surface area (Å²) < 4.78 is 11.0. The summed E-state index contributed by atoms with van der Waals surface area (Å²) in [6.45, 7) is 8.94. The van der Waals surface area contributed by atoms with Crippen molar-refractivity contribution >= 4 is 17.8 Å². The molecule has 28 heavy (non-hydrogen) atoms. The number of anilines is 1. The molecule has 0 aliphatic rings. The molecule has 0 heterocycles. The van der Waals surface area contributed by atoms with Gasteiger partial charge in [-0.3, -0.25) is 4.79 Å². The summed E-state index contributed by atoms with van der Waals surface area (Å²) in [5, 5.41) is 7.20. The van der Waals surface area contributed by atoms with E-state index in [1.807, 2.05) is 39.0 Å². The Morgan fingerprint density at radius 1 is 1.11 bits per heavy atom. The topological polar surface area (TPSA) is 72.0 Å². The fourth-order valence-corrected chi connectivity index (χ4v) is 2.94. The molecule has 2 aromatic carbocycles. The quantitative estimate of drug-likeness (QED) is 0.508. The van der Waals surface area contributed by atoms with Crippen LogP contribution in [-0.2, 0) is 4.79 Å². The van der Waals surface area contributed by atoms with E-state index in [1.54, 1.807) is 13.3 Å². The predicted octanol–water partition coefficient (Wildman–Crippen LogP) is 3.97. The molecule has 0 aliphatic carbocycles. The van der Waals surface area contributed by atoms with E-state index in [-0.39, 0.29) is 12.5 Å². The molecule has 150 valence electrons. The molecule has 1 amide bonds. The molecule has 0 unspecified atom stereocenters. The van der Waals surface area contributed by atoms with Crippen molar-refractivity contribution in [3.05, 3.63) is 52.6 Å². The van der Waals surface area contributed by atoms with Crippen LogP contribution >= 0.6 is 0 Å². The summed E-state index contributed by atoms with van der Waals surface area (Å²) >= 11 is 0. The van der Waals surface area contributed by atoms with Crippen LogP contribution < -0.4 is 20.2 Å². The molecule has 0 aromatic heterocycles. The maximum Gasteiger partial charge on any atom is 0.259 e. The second-order valence-corrected chi connectivity index (χ2v) is 6.68. The fourth-order valence-electron chi connectivity index (χ4n) is 2.94. The average molecular weight is 383 g/mol. The van der Waals surface area contributed by atoms with Crippen LogP contribution in [0.2, 0.25) is 0 Å². The highest BCUT2D eigenvalue weighted by Crippen LogP contribution is 2.27. The van der Waals surface area contributed by atoms with Crippen LogP contribution in [0.4, 0.5) is 5.69 Å². The zero-order valence-electron chi connectivity index (χ0n) is 17.3. The highest BCUT2D eigenvalue weighted by Gasteiger charge is 2.07. The maximum absolute atomic E-state index is 12.1. The van der Waals surface area contributed by atoms with Gasteiger partial charge in [0.2, 0.25) is 0 Å². The van der Waals surface area contributed by atoms with Crippen molar-refractivity contribution in [2.75, 3.05) is 25.6 Å². The molecule has 6 nitrogen and oxygen atoms in total. The normalized spacial score (nSPS) is 10.8. The molecule has 0 radical (unpaired) electrons. The second-order valence-electron chi connectivity index (χ2n) is 6.68. The van der Waals surface area contributed by atoms with Crippen LogP contribution in [0.3, 0.4) is 0 Å². The van der Waals surface area contributed by atoms with E-state index < -0.39 is 0 Å². The number of methoxy groups -OCH3 is 1. The number of carbonyl (C=O) groups excluding carboxylic acids is 1. The number of ether oxygens (including phenoxy) is 2. The first-order valence-corrected chi connectivity index (χ1v) is 9.39. The van der Waals surface area contributed by atoms with E-state index in [9.17, 15) is 4.79 Å². The zero-order valence-corrected chi connectivity index (χ0v) is 17.3. The van der Waals surface area contributed by atoms with Gasteiger partial charge in [-0.1, -0.05) is 24.6 Å². The number of hydrazone groups is 1. The number of hydrogen-bond donors (Lipinski definition) is 2. The van der Waals surface area contributed by atoms with Gasteiger partial charge in [-0.05, 0) is 62.1 Å². The molecule has 0 spiro atoms. The van der Waals surface area contributed by atoms with Gasteiger partial charge in [0, 0.05) is 5.69 Å². The molecule has 0 fully saturated rings. The van der Waals surface area contributed by atoms with Gasteiger partial charge in [0.15, 0.2) is 11.5 Å². The van der Waals surface area contributed by atoms with Gasteiger partial charge in [-0.25, -0.2) is 5.43 Å². The predicted molar refractivity (Wildman–Crippen MR) is 114 cm³/mol. The van der Waals surface area contributed by atoms with Crippen LogP contribution in [0.5, 0.6) is 11.5 Å². The molecular weight excluding hydrogens is 354 g/mol. The lowest BCUT2D eigenvalue weighted by Crippen LogP contribution is -2.26. The lowest BCUT2D eigenvalue weighted by Gasteiger charge is -2.13.